The normalized spacial score (nSPS) is 12.1. The average Bonchev–Trinajstić information content (AvgIpc) is 2.93. The first kappa shape index (κ1) is 27.3. The molecule has 5 nitrogen and oxygen atoms in total. The molecule has 0 aliphatic heterocycles. The average molecular weight is 510 g/mol. The van der Waals surface area contributed by atoms with E-state index in [2.05, 4.69) is 32.9 Å². The summed E-state index contributed by atoms with van der Waals surface area (Å²) in [5, 5.41) is 0.583. The van der Waals surface area contributed by atoms with Crippen molar-refractivity contribution in [3.8, 4) is 0 Å². The highest BCUT2D eigenvalue weighted by atomic mass is 16.2. The number of fused-ring (bicyclic) bond motifs is 1. The van der Waals surface area contributed by atoms with E-state index >= 15 is 0 Å². The van der Waals surface area contributed by atoms with Crippen LogP contribution in [0.3, 0.4) is 0 Å². The van der Waals surface area contributed by atoms with Crippen LogP contribution in [0.2, 0.25) is 0 Å². The number of hydrogen-bond donors (Lipinski definition) is 0. The van der Waals surface area contributed by atoms with E-state index < -0.39 is 6.04 Å². The molecule has 1 unspecified atom stereocenters. The van der Waals surface area contributed by atoms with Crippen molar-refractivity contribution in [2.75, 3.05) is 6.54 Å². The molecule has 1 aromatic heterocycles. The van der Waals surface area contributed by atoms with E-state index in [1.807, 2.05) is 78.6 Å². The van der Waals surface area contributed by atoms with Gasteiger partial charge in [0.25, 0.3) is 11.5 Å². The first-order valence-electron chi connectivity index (χ1n) is 13.8. The number of unbranched alkanes of at least 4 members (excludes halogenated alkanes) is 2. The Morgan fingerprint density at radius 3 is 2.24 bits per heavy atom. The third-order valence-electron chi connectivity index (χ3n) is 7.01. The summed E-state index contributed by atoms with van der Waals surface area (Å²) in [6, 6.07) is 25.0. The second-order valence-corrected chi connectivity index (χ2v) is 10.5. The van der Waals surface area contributed by atoms with Gasteiger partial charge in [0.15, 0.2) is 0 Å². The zero-order chi connectivity index (χ0) is 27.1. The van der Waals surface area contributed by atoms with Crippen molar-refractivity contribution in [3.63, 3.8) is 0 Å². The van der Waals surface area contributed by atoms with Gasteiger partial charge in [0.2, 0.25) is 0 Å². The molecule has 0 fully saturated rings. The summed E-state index contributed by atoms with van der Waals surface area (Å²) in [6.45, 7) is 9.36. The molecule has 0 saturated carbocycles. The van der Waals surface area contributed by atoms with Gasteiger partial charge in [0.1, 0.15) is 5.82 Å². The Kier molecular flexibility index (Phi) is 9.11. The second-order valence-electron chi connectivity index (χ2n) is 10.5. The van der Waals surface area contributed by atoms with E-state index in [-0.39, 0.29) is 17.4 Å². The third-order valence-corrected chi connectivity index (χ3v) is 7.01. The lowest BCUT2D eigenvalue weighted by atomic mass is 10.0. The predicted molar refractivity (Wildman–Crippen MR) is 156 cm³/mol. The number of amides is 1. The molecule has 4 rings (SSSR count). The Bertz CT molecular complexity index is 1410. The number of carbonyl (C=O) groups excluding carboxylic acids is 1. The smallest absolute Gasteiger partial charge is 0.261 e. The van der Waals surface area contributed by atoms with Gasteiger partial charge in [-0.2, -0.15) is 0 Å². The fourth-order valence-electron chi connectivity index (χ4n) is 4.93. The van der Waals surface area contributed by atoms with Crippen molar-refractivity contribution in [1.82, 2.24) is 14.5 Å². The predicted octanol–water partition coefficient (Wildman–Crippen LogP) is 7.04. The molecular formula is C33H39N3O2. The second kappa shape index (κ2) is 12.7. The standard InChI is InChI=1S/C33H39N3O2/c1-5-6-8-13-26-18-20-28(21-19-26)32(37)35(22-24(2)3)25(4)31-34-30-17-12-11-16-29(30)33(38)36(31)23-27-14-9-7-10-15-27/h7,9-12,14-21,24-25H,5-6,8,13,22-23H2,1-4H3. The first-order valence-corrected chi connectivity index (χ1v) is 13.8. The van der Waals surface area contributed by atoms with Gasteiger partial charge in [-0.15, -0.1) is 0 Å². The van der Waals surface area contributed by atoms with Gasteiger partial charge in [-0.1, -0.05) is 88.2 Å². The minimum Gasteiger partial charge on any atom is -0.328 e. The Balaban J connectivity index is 1.73. The molecule has 38 heavy (non-hydrogen) atoms. The molecule has 5 heteroatoms. The molecule has 0 aliphatic carbocycles. The summed E-state index contributed by atoms with van der Waals surface area (Å²) < 4.78 is 1.74. The zero-order valence-corrected chi connectivity index (χ0v) is 23.1. The molecule has 4 aromatic rings. The highest BCUT2D eigenvalue weighted by Crippen LogP contribution is 2.24. The molecule has 1 amide bonds. The molecule has 0 N–H and O–H groups in total. The minimum absolute atomic E-state index is 0.0417. The van der Waals surface area contributed by atoms with E-state index in [1.54, 1.807) is 4.57 Å². The molecule has 0 aliphatic rings. The molecule has 0 saturated heterocycles. The van der Waals surface area contributed by atoms with Crippen LogP contribution in [-0.2, 0) is 13.0 Å². The number of rotatable bonds is 11. The summed E-state index contributed by atoms with van der Waals surface area (Å²) >= 11 is 0. The maximum absolute atomic E-state index is 13.9. The van der Waals surface area contributed by atoms with Gasteiger partial charge in [0.05, 0.1) is 23.5 Å². The van der Waals surface area contributed by atoms with Crippen LogP contribution in [-0.4, -0.2) is 26.9 Å². The van der Waals surface area contributed by atoms with Gasteiger partial charge in [-0.25, -0.2) is 4.98 Å². The monoisotopic (exact) mass is 509 g/mol. The topological polar surface area (TPSA) is 55.2 Å². The number of hydrogen-bond acceptors (Lipinski definition) is 3. The van der Waals surface area contributed by atoms with E-state index in [0.29, 0.717) is 35.4 Å². The van der Waals surface area contributed by atoms with E-state index in [9.17, 15) is 9.59 Å². The van der Waals surface area contributed by atoms with Crippen LogP contribution < -0.4 is 5.56 Å². The third kappa shape index (κ3) is 6.39. The van der Waals surface area contributed by atoms with Crippen LogP contribution in [0.25, 0.3) is 10.9 Å². The number of aryl methyl sites for hydroxylation is 1. The Labute approximate surface area is 226 Å². The fourth-order valence-corrected chi connectivity index (χ4v) is 4.93. The van der Waals surface area contributed by atoms with E-state index in [1.165, 1.54) is 18.4 Å². The minimum atomic E-state index is -0.393. The highest BCUT2D eigenvalue weighted by Gasteiger charge is 2.28. The molecule has 0 spiro atoms. The maximum Gasteiger partial charge on any atom is 0.261 e. The highest BCUT2D eigenvalue weighted by molar-refractivity contribution is 5.94. The molecular weight excluding hydrogens is 470 g/mol. The van der Waals surface area contributed by atoms with E-state index in [4.69, 9.17) is 4.98 Å². The van der Waals surface area contributed by atoms with Crippen LogP contribution in [0.4, 0.5) is 0 Å². The number of nitrogens with zero attached hydrogens (tertiary/aromatic N) is 3. The first-order chi connectivity index (χ1) is 18.4. The summed E-state index contributed by atoms with van der Waals surface area (Å²) in [7, 11) is 0. The lowest BCUT2D eigenvalue weighted by Gasteiger charge is -2.32. The fraction of sp³-hybridized carbons (Fsp3) is 0.364. The number of carbonyl (C=O) groups is 1. The van der Waals surface area contributed by atoms with E-state index in [0.717, 1.165) is 18.4 Å². The van der Waals surface area contributed by atoms with Gasteiger partial charge < -0.3 is 4.90 Å². The van der Waals surface area contributed by atoms with Gasteiger partial charge in [-0.05, 0) is 61.1 Å². The molecule has 198 valence electrons. The van der Waals surface area contributed by atoms with Crippen molar-refractivity contribution >= 4 is 16.8 Å². The molecule has 3 aromatic carbocycles. The van der Waals surface area contributed by atoms with Crippen LogP contribution >= 0.6 is 0 Å². The molecule has 1 heterocycles. The quantitative estimate of drug-likeness (QED) is 0.204. The van der Waals surface area contributed by atoms with Crippen molar-refractivity contribution in [3.05, 3.63) is 112 Å². The van der Waals surface area contributed by atoms with Crippen LogP contribution in [0.5, 0.6) is 0 Å². The largest absolute Gasteiger partial charge is 0.328 e. The van der Waals surface area contributed by atoms with Crippen molar-refractivity contribution in [2.24, 2.45) is 5.92 Å². The number of benzene rings is 3. The summed E-state index contributed by atoms with van der Waals surface area (Å²) in [6.07, 6.45) is 4.59. The van der Waals surface area contributed by atoms with Crippen molar-refractivity contribution < 1.29 is 4.79 Å². The van der Waals surface area contributed by atoms with Crippen LogP contribution in [0.15, 0.2) is 83.7 Å². The SMILES string of the molecule is CCCCCc1ccc(C(=O)N(CC(C)C)C(C)c2nc3ccccc3c(=O)n2Cc2ccccc2)cc1. The lowest BCUT2D eigenvalue weighted by molar-refractivity contribution is 0.0653. The molecule has 0 bridgehead atoms. The summed E-state index contributed by atoms with van der Waals surface area (Å²) in [4.78, 5) is 34.4. The maximum atomic E-state index is 13.9. The van der Waals surface area contributed by atoms with Gasteiger partial charge in [-0.3, -0.25) is 14.2 Å². The van der Waals surface area contributed by atoms with Crippen molar-refractivity contribution in [1.29, 1.82) is 0 Å². The molecule has 0 radical (unpaired) electrons. The molecule has 1 atom stereocenters. The van der Waals surface area contributed by atoms with Gasteiger partial charge >= 0.3 is 0 Å². The lowest BCUT2D eigenvalue weighted by Crippen LogP contribution is -2.40. The number of aromatic nitrogens is 2. The van der Waals surface area contributed by atoms with Crippen LogP contribution in [0, 0.1) is 5.92 Å². The van der Waals surface area contributed by atoms with Crippen LogP contribution in [0.1, 0.15) is 80.3 Å². The van der Waals surface area contributed by atoms with Crippen molar-refractivity contribution in [2.45, 2.75) is 66.0 Å². The summed E-state index contributed by atoms with van der Waals surface area (Å²) in [5.74, 6) is 0.812. The number of para-hydroxylation sites is 1. The van der Waals surface area contributed by atoms with Gasteiger partial charge in [0, 0.05) is 12.1 Å². The Morgan fingerprint density at radius 1 is 0.868 bits per heavy atom. The Hall–Kier alpha value is -3.73. The summed E-state index contributed by atoms with van der Waals surface area (Å²) in [5.41, 5.74) is 3.49. The Morgan fingerprint density at radius 2 is 1.55 bits per heavy atom. The zero-order valence-electron chi connectivity index (χ0n) is 23.1.